The van der Waals surface area contributed by atoms with Gasteiger partial charge in [-0.1, -0.05) is 18.2 Å². The molecule has 0 unspecified atom stereocenters. The van der Waals surface area contributed by atoms with Gasteiger partial charge in [0.15, 0.2) is 5.11 Å². The summed E-state index contributed by atoms with van der Waals surface area (Å²) >= 11 is 5.54. The molecule has 3 rings (SSSR count). The van der Waals surface area contributed by atoms with Crippen LogP contribution in [0.5, 0.6) is 5.75 Å². The normalized spacial score (nSPS) is 13.8. The van der Waals surface area contributed by atoms with Crippen LogP contribution in [-0.2, 0) is 6.54 Å². The van der Waals surface area contributed by atoms with Crippen molar-refractivity contribution < 1.29 is 4.74 Å². The number of ether oxygens (including phenoxy) is 1. The molecule has 2 aromatic rings. The standard InChI is InChI=1S/C19H21N5OS/c1-25-17-5-3-2-4-16(17)14-22-19(26)24-10-8-23(9-11-24)18-7-6-15(12-20)13-21-18/h2-7,13H,8-11,14H2,1H3,(H,22,26). The molecule has 0 radical (unpaired) electrons. The molecule has 7 heteroatoms. The lowest BCUT2D eigenvalue weighted by Crippen LogP contribution is -2.51. The van der Waals surface area contributed by atoms with Crippen molar-refractivity contribution in [2.75, 3.05) is 38.2 Å². The molecule has 0 bridgehead atoms. The van der Waals surface area contributed by atoms with Crippen LogP contribution < -0.4 is 15.0 Å². The van der Waals surface area contributed by atoms with E-state index >= 15 is 0 Å². The Hall–Kier alpha value is -2.85. The number of thiocarbonyl (C=S) groups is 1. The molecular formula is C19H21N5OS. The number of nitrogens with one attached hydrogen (secondary N) is 1. The number of hydrogen-bond donors (Lipinski definition) is 1. The number of nitriles is 1. The number of pyridine rings is 1. The van der Waals surface area contributed by atoms with Gasteiger partial charge in [0, 0.05) is 44.5 Å². The predicted molar refractivity (Wildman–Crippen MR) is 105 cm³/mol. The minimum absolute atomic E-state index is 0.578. The molecule has 0 atom stereocenters. The van der Waals surface area contributed by atoms with Gasteiger partial charge in [0.1, 0.15) is 17.6 Å². The summed E-state index contributed by atoms with van der Waals surface area (Å²) < 4.78 is 5.37. The number of nitrogens with zero attached hydrogens (tertiary/aromatic N) is 4. The van der Waals surface area contributed by atoms with Crippen molar-refractivity contribution in [3.63, 3.8) is 0 Å². The van der Waals surface area contributed by atoms with Crippen LogP contribution in [0.4, 0.5) is 5.82 Å². The van der Waals surface area contributed by atoms with E-state index in [4.69, 9.17) is 22.2 Å². The highest BCUT2D eigenvalue weighted by Gasteiger charge is 2.20. The van der Waals surface area contributed by atoms with Crippen LogP contribution in [0, 0.1) is 11.3 Å². The molecule has 0 spiro atoms. The molecule has 134 valence electrons. The molecule has 0 aliphatic carbocycles. The van der Waals surface area contributed by atoms with Crippen molar-refractivity contribution in [3.8, 4) is 11.8 Å². The fourth-order valence-electron chi connectivity index (χ4n) is 2.91. The molecule has 1 fully saturated rings. The molecule has 1 saturated heterocycles. The number of hydrogen-bond acceptors (Lipinski definition) is 5. The Morgan fingerprint density at radius 2 is 2.00 bits per heavy atom. The van der Waals surface area contributed by atoms with Crippen LogP contribution >= 0.6 is 12.2 Å². The second-order valence-electron chi connectivity index (χ2n) is 5.96. The zero-order valence-electron chi connectivity index (χ0n) is 14.7. The third kappa shape index (κ3) is 4.21. The molecule has 1 aliphatic rings. The van der Waals surface area contributed by atoms with Gasteiger partial charge in [0.25, 0.3) is 0 Å². The Morgan fingerprint density at radius 1 is 1.23 bits per heavy atom. The van der Waals surface area contributed by atoms with E-state index < -0.39 is 0 Å². The third-order valence-corrected chi connectivity index (χ3v) is 4.79. The van der Waals surface area contributed by atoms with E-state index in [2.05, 4.69) is 26.2 Å². The monoisotopic (exact) mass is 367 g/mol. The van der Waals surface area contributed by atoms with Crippen molar-refractivity contribution >= 4 is 23.1 Å². The summed E-state index contributed by atoms with van der Waals surface area (Å²) in [6, 6.07) is 13.7. The first kappa shape index (κ1) is 18.0. The van der Waals surface area contributed by atoms with Gasteiger partial charge in [0.2, 0.25) is 0 Å². The van der Waals surface area contributed by atoms with Gasteiger partial charge < -0.3 is 19.9 Å². The highest BCUT2D eigenvalue weighted by Crippen LogP contribution is 2.17. The Morgan fingerprint density at radius 3 is 2.65 bits per heavy atom. The largest absolute Gasteiger partial charge is 0.496 e. The van der Waals surface area contributed by atoms with Crippen molar-refractivity contribution in [3.05, 3.63) is 53.7 Å². The molecule has 0 saturated carbocycles. The van der Waals surface area contributed by atoms with Crippen molar-refractivity contribution in [2.45, 2.75) is 6.54 Å². The van der Waals surface area contributed by atoms with Crippen LogP contribution in [-0.4, -0.2) is 48.3 Å². The van der Waals surface area contributed by atoms with Crippen LogP contribution in [0.15, 0.2) is 42.6 Å². The summed E-state index contributed by atoms with van der Waals surface area (Å²) in [7, 11) is 1.67. The smallest absolute Gasteiger partial charge is 0.169 e. The quantitative estimate of drug-likeness (QED) is 0.831. The van der Waals surface area contributed by atoms with E-state index in [0.29, 0.717) is 12.1 Å². The highest BCUT2D eigenvalue weighted by molar-refractivity contribution is 7.80. The summed E-state index contributed by atoms with van der Waals surface area (Å²) in [6.07, 6.45) is 1.61. The van der Waals surface area contributed by atoms with Crippen molar-refractivity contribution in [1.29, 1.82) is 5.26 Å². The Bertz CT molecular complexity index is 794. The lowest BCUT2D eigenvalue weighted by molar-refractivity contribution is 0.377. The zero-order chi connectivity index (χ0) is 18.4. The number of aromatic nitrogens is 1. The average molecular weight is 367 g/mol. The van der Waals surface area contributed by atoms with Crippen LogP contribution in [0.1, 0.15) is 11.1 Å². The maximum atomic E-state index is 8.86. The first-order chi connectivity index (χ1) is 12.7. The average Bonchev–Trinajstić information content (AvgIpc) is 2.72. The van der Waals surface area contributed by atoms with E-state index in [-0.39, 0.29) is 0 Å². The van der Waals surface area contributed by atoms with E-state index in [1.807, 2.05) is 30.3 Å². The molecule has 0 amide bonds. The van der Waals surface area contributed by atoms with E-state index in [0.717, 1.165) is 48.4 Å². The van der Waals surface area contributed by atoms with E-state index in [9.17, 15) is 0 Å². The number of rotatable bonds is 4. The van der Waals surface area contributed by atoms with Gasteiger partial charge in [-0.05, 0) is 30.4 Å². The molecule has 26 heavy (non-hydrogen) atoms. The van der Waals surface area contributed by atoms with Crippen LogP contribution in [0.25, 0.3) is 0 Å². The van der Waals surface area contributed by atoms with E-state index in [1.165, 1.54) is 0 Å². The van der Waals surface area contributed by atoms with E-state index in [1.54, 1.807) is 19.4 Å². The lowest BCUT2D eigenvalue weighted by atomic mass is 10.2. The van der Waals surface area contributed by atoms with Gasteiger partial charge in [-0.15, -0.1) is 0 Å². The summed E-state index contributed by atoms with van der Waals surface area (Å²) in [5.74, 6) is 1.76. The van der Waals surface area contributed by atoms with Gasteiger partial charge in [-0.3, -0.25) is 0 Å². The lowest BCUT2D eigenvalue weighted by Gasteiger charge is -2.36. The molecule has 1 N–H and O–H groups in total. The molecule has 6 nitrogen and oxygen atoms in total. The second kappa shape index (κ2) is 8.50. The maximum Gasteiger partial charge on any atom is 0.169 e. The predicted octanol–water partition coefficient (Wildman–Crippen LogP) is 2.16. The molecule has 1 aliphatic heterocycles. The topological polar surface area (TPSA) is 64.4 Å². The number of piperazine rings is 1. The first-order valence-electron chi connectivity index (χ1n) is 8.47. The first-order valence-corrected chi connectivity index (χ1v) is 8.88. The molecular weight excluding hydrogens is 346 g/mol. The Kier molecular flexibility index (Phi) is 5.87. The summed E-state index contributed by atoms with van der Waals surface area (Å²) in [5, 5.41) is 12.9. The highest BCUT2D eigenvalue weighted by atomic mass is 32.1. The third-order valence-electron chi connectivity index (χ3n) is 4.39. The van der Waals surface area contributed by atoms with Crippen LogP contribution in [0.3, 0.4) is 0 Å². The fourth-order valence-corrected chi connectivity index (χ4v) is 3.16. The number of methoxy groups -OCH3 is 1. The number of benzene rings is 1. The van der Waals surface area contributed by atoms with Gasteiger partial charge in [0.05, 0.1) is 12.7 Å². The fraction of sp³-hybridized carbons (Fsp3) is 0.316. The molecule has 1 aromatic heterocycles. The minimum atomic E-state index is 0.578. The van der Waals surface area contributed by atoms with Gasteiger partial charge >= 0.3 is 0 Å². The minimum Gasteiger partial charge on any atom is -0.496 e. The van der Waals surface area contributed by atoms with Crippen molar-refractivity contribution in [2.24, 2.45) is 0 Å². The number of anilines is 1. The molecule has 1 aromatic carbocycles. The summed E-state index contributed by atoms with van der Waals surface area (Å²) in [5.41, 5.74) is 1.66. The maximum absolute atomic E-state index is 8.86. The molecule has 2 heterocycles. The second-order valence-corrected chi connectivity index (χ2v) is 6.35. The van der Waals surface area contributed by atoms with Crippen LogP contribution in [0.2, 0.25) is 0 Å². The Balaban J connectivity index is 1.51. The summed E-state index contributed by atoms with van der Waals surface area (Å²) in [4.78, 5) is 8.74. The number of para-hydroxylation sites is 1. The van der Waals surface area contributed by atoms with Crippen molar-refractivity contribution in [1.82, 2.24) is 15.2 Å². The van der Waals surface area contributed by atoms with Gasteiger partial charge in [-0.25, -0.2) is 4.98 Å². The summed E-state index contributed by atoms with van der Waals surface area (Å²) in [6.45, 7) is 3.99. The Labute approximate surface area is 159 Å². The van der Waals surface area contributed by atoms with Gasteiger partial charge in [-0.2, -0.15) is 5.26 Å². The SMILES string of the molecule is COc1ccccc1CNC(=S)N1CCN(c2ccc(C#N)cn2)CC1. The zero-order valence-corrected chi connectivity index (χ0v) is 15.5.